The molecule has 0 aliphatic heterocycles. The highest BCUT2D eigenvalue weighted by Crippen LogP contribution is 2.58. The molecule has 7 heteroatoms. The molecule has 0 saturated heterocycles. The van der Waals surface area contributed by atoms with Crippen molar-refractivity contribution in [1.29, 1.82) is 0 Å². The van der Waals surface area contributed by atoms with E-state index in [9.17, 15) is 0 Å². The van der Waals surface area contributed by atoms with E-state index >= 15 is 0 Å². The zero-order valence-corrected chi connectivity index (χ0v) is 54.9. The summed E-state index contributed by atoms with van der Waals surface area (Å²) in [5.74, 6) is 0. The van der Waals surface area contributed by atoms with Gasteiger partial charge in [-0.3, -0.25) is 7.32 Å². The van der Waals surface area contributed by atoms with Crippen LogP contribution in [0.15, 0.2) is 291 Å². The molecule has 6 nitrogen and oxygen atoms in total. The normalized spacial score (nSPS) is 11.2. The Balaban J connectivity index is 0.000000157. The first kappa shape index (κ1) is 65.9. The minimum Gasteiger partial charge on any atom is -0.907 e. The third-order valence-corrected chi connectivity index (χ3v) is 17.7. The van der Waals surface area contributed by atoms with Gasteiger partial charge in [0, 0.05) is 140 Å². The molecule has 0 unspecified atom stereocenters. The van der Waals surface area contributed by atoms with Gasteiger partial charge in [-0.2, -0.15) is 13.4 Å². The van der Waals surface area contributed by atoms with Crippen molar-refractivity contribution in [2.24, 2.45) is 0 Å². The van der Waals surface area contributed by atoms with Crippen LogP contribution in [0.3, 0.4) is 0 Å². The van der Waals surface area contributed by atoms with Crippen molar-refractivity contribution in [3.05, 3.63) is 358 Å². The maximum absolute atomic E-state index is 8.42. The molecule has 0 radical (unpaired) electrons. The summed E-state index contributed by atoms with van der Waals surface area (Å²) in [6.07, 6.45) is 0. The zero-order chi connectivity index (χ0) is 64.9. The quantitative estimate of drug-likeness (QED) is 0.0904. The van der Waals surface area contributed by atoms with Crippen molar-refractivity contribution in [3.8, 4) is 0 Å². The highest BCUT2D eigenvalue weighted by Gasteiger charge is 2.46. The van der Waals surface area contributed by atoms with Crippen LogP contribution in [0.5, 0.6) is 0 Å². The Morgan fingerprint density at radius 3 is 0.286 bits per heavy atom. The fourth-order valence-electron chi connectivity index (χ4n) is 13.6. The fraction of sp³-hybridized carbons (Fsp3) is 0.143. The standard InChI is InChI=1S/3C28H28N.BO3/c3*1-21-13-5-9-17-25(21)29(26-18-10-6-14-22(26)2,27-19-11-7-15-23(27)3)28-20-12-8-16-24(28)4;2-1(3)4/h3*5-20H,1-4H3;/q3*+1;-3. The molecule has 0 bridgehead atoms. The number of rotatable bonds is 12. The molecular weight excluding hydrogens is 1110 g/mol. The molecular formula is C84H84BN3O3. The first-order valence-corrected chi connectivity index (χ1v) is 31.3. The first-order valence-electron chi connectivity index (χ1n) is 31.3. The summed E-state index contributed by atoms with van der Waals surface area (Å²) in [5, 5.41) is 25.2. The lowest BCUT2D eigenvalue weighted by molar-refractivity contribution is -0.479. The van der Waals surface area contributed by atoms with Gasteiger partial charge in [-0.15, -0.1) is 0 Å². The lowest BCUT2D eigenvalue weighted by Crippen LogP contribution is -2.56. The fourth-order valence-corrected chi connectivity index (χ4v) is 13.6. The molecule has 0 spiro atoms. The number of nitrogens with zero attached hydrogens (tertiary/aromatic N) is 3. The summed E-state index contributed by atoms with van der Waals surface area (Å²) in [6, 6.07) is 105. The van der Waals surface area contributed by atoms with Gasteiger partial charge >= 0.3 is 0 Å². The Hall–Kier alpha value is -9.54. The minimum atomic E-state index is -2.92. The Bertz CT molecular complexity index is 3430. The van der Waals surface area contributed by atoms with E-state index in [0.717, 1.165) is 0 Å². The molecule has 0 amide bonds. The highest BCUT2D eigenvalue weighted by molar-refractivity contribution is 6.24. The van der Waals surface area contributed by atoms with Crippen LogP contribution in [0.1, 0.15) is 66.8 Å². The van der Waals surface area contributed by atoms with Crippen molar-refractivity contribution in [2.45, 2.75) is 83.1 Å². The predicted molar refractivity (Wildman–Crippen MR) is 382 cm³/mol. The average molecular weight is 1190 g/mol. The van der Waals surface area contributed by atoms with E-state index in [1.807, 2.05) is 0 Å². The predicted octanol–water partition coefficient (Wildman–Crippen LogP) is 20.7. The first-order chi connectivity index (χ1) is 43.9. The van der Waals surface area contributed by atoms with Crippen LogP contribution in [0.4, 0.5) is 68.2 Å². The topological polar surface area (TPSA) is 69.2 Å². The number of para-hydroxylation sites is 12. The number of benzene rings is 12. The molecule has 12 aromatic rings. The summed E-state index contributed by atoms with van der Waals surface area (Å²) < 4.78 is 1.75. The third kappa shape index (κ3) is 13.1. The number of aryl methyl sites for hydroxylation is 12. The highest BCUT2D eigenvalue weighted by atomic mass is 16.5. The van der Waals surface area contributed by atoms with Crippen LogP contribution in [-0.2, 0) is 0 Å². The number of quaternary nitrogens is 3. The maximum Gasteiger partial charge on any atom is 0.151 e. The lowest BCUT2D eigenvalue weighted by Gasteiger charge is -2.40. The van der Waals surface area contributed by atoms with Crippen molar-refractivity contribution in [2.75, 3.05) is 0 Å². The monoisotopic (exact) mass is 1190 g/mol. The SMILES string of the molecule is Cc1ccccc1[N+](c1ccccc1C)(c1ccccc1C)c1ccccc1C.Cc1ccccc1[N+](c1ccccc1C)(c1ccccc1C)c1ccccc1C.Cc1ccccc1[N+](c1ccccc1C)(c1ccccc1C)c1ccccc1C.[O-]B([O-])[O-]. The molecule has 0 aliphatic carbocycles. The van der Waals surface area contributed by atoms with E-state index in [4.69, 9.17) is 15.1 Å². The van der Waals surface area contributed by atoms with Crippen LogP contribution < -0.4 is 28.5 Å². The van der Waals surface area contributed by atoms with E-state index in [2.05, 4.69) is 374 Å². The second kappa shape index (κ2) is 29.4. The van der Waals surface area contributed by atoms with Gasteiger partial charge in [0.2, 0.25) is 0 Å². The molecule has 456 valence electrons. The Morgan fingerprint density at radius 1 is 0.154 bits per heavy atom. The lowest BCUT2D eigenvalue weighted by atomic mass is 9.97. The summed E-state index contributed by atoms with van der Waals surface area (Å²) in [6.45, 7) is 26.6. The second-order valence-electron chi connectivity index (χ2n) is 23.7. The van der Waals surface area contributed by atoms with E-state index in [1.165, 1.54) is 135 Å². The number of hydrogen-bond donors (Lipinski definition) is 0. The summed E-state index contributed by atoms with van der Waals surface area (Å²) >= 11 is 0. The minimum absolute atomic E-state index is 0.582. The molecule has 0 heterocycles. The van der Waals surface area contributed by atoms with E-state index in [0.29, 0.717) is 13.4 Å². The summed E-state index contributed by atoms with van der Waals surface area (Å²) in [5.41, 5.74) is 30.8. The van der Waals surface area contributed by atoms with Crippen LogP contribution in [0.2, 0.25) is 0 Å². The van der Waals surface area contributed by atoms with Crippen LogP contribution in [-0.4, -0.2) is 7.32 Å². The molecule has 0 N–H and O–H groups in total. The maximum atomic E-state index is 8.42. The molecule has 0 atom stereocenters. The van der Waals surface area contributed by atoms with E-state index < -0.39 is 7.32 Å². The van der Waals surface area contributed by atoms with Crippen LogP contribution in [0.25, 0.3) is 0 Å². The molecule has 91 heavy (non-hydrogen) atoms. The number of hydrogen-bond acceptors (Lipinski definition) is 3. The van der Waals surface area contributed by atoms with E-state index in [1.54, 1.807) is 0 Å². The van der Waals surface area contributed by atoms with Crippen molar-refractivity contribution in [1.82, 2.24) is 13.4 Å². The Labute approximate surface area is 542 Å². The molecule has 12 rings (SSSR count). The van der Waals surface area contributed by atoms with Gasteiger partial charge in [-0.05, 0) is 83.1 Å². The van der Waals surface area contributed by atoms with Crippen LogP contribution in [0, 0.1) is 83.1 Å². The Kier molecular flexibility index (Phi) is 21.3. The van der Waals surface area contributed by atoms with Gasteiger partial charge in [0.1, 0.15) is 0 Å². The molecule has 12 aromatic carbocycles. The molecule has 0 aliphatic rings. The van der Waals surface area contributed by atoms with E-state index in [-0.39, 0.29) is 0 Å². The van der Waals surface area contributed by atoms with Crippen LogP contribution >= 0.6 is 0 Å². The average Bonchev–Trinajstić information content (AvgIpc) is 0.746. The third-order valence-electron chi connectivity index (χ3n) is 17.7. The largest absolute Gasteiger partial charge is 0.907 e. The Morgan fingerprint density at radius 2 is 0.220 bits per heavy atom. The van der Waals surface area contributed by atoms with Gasteiger partial charge in [-0.1, -0.05) is 218 Å². The smallest absolute Gasteiger partial charge is 0.151 e. The van der Waals surface area contributed by atoms with Gasteiger partial charge in [0.05, 0.1) is 0 Å². The van der Waals surface area contributed by atoms with Gasteiger partial charge in [-0.25, -0.2) is 0 Å². The van der Waals surface area contributed by atoms with Gasteiger partial charge < -0.3 is 15.1 Å². The van der Waals surface area contributed by atoms with Crippen molar-refractivity contribution < 1.29 is 15.1 Å². The second-order valence-corrected chi connectivity index (χ2v) is 23.7. The molecule has 0 saturated carbocycles. The zero-order valence-electron chi connectivity index (χ0n) is 54.9. The summed E-state index contributed by atoms with van der Waals surface area (Å²) in [7, 11) is -2.92. The van der Waals surface area contributed by atoms with Crippen molar-refractivity contribution >= 4 is 75.6 Å². The van der Waals surface area contributed by atoms with Gasteiger partial charge in [0.15, 0.2) is 68.2 Å². The molecule has 0 aromatic heterocycles. The summed E-state index contributed by atoms with van der Waals surface area (Å²) in [4.78, 5) is 0. The van der Waals surface area contributed by atoms with Gasteiger partial charge in [0.25, 0.3) is 0 Å². The molecule has 0 fully saturated rings. The van der Waals surface area contributed by atoms with Crippen molar-refractivity contribution in [3.63, 3.8) is 0 Å².